The number of pyridine rings is 1. The van der Waals surface area contributed by atoms with Crippen LogP contribution >= 0.6 is 0 Å². The number of aliphatic carboxylic acids is 1. The van der Waals surface area contributed by atoms with E-state index in [1.807, 2.05) is 25.1 Å². The third-order valence-electron chi connectivity index (χ3n) is 4.01. The Hall–Kier alpha value is -3.10. The summed E-state index contributed by atoms with van der Waals surface area (Å²) in [6, 6.07) is 10.8. The van der Waals surface area contributed by atoms with Crippen molar-refractivity contribution in [3.05, 3.63) is 60.3 Å². The standard InChI is InChI=1S/C22H28N2O6/c1-4-27-20(22(25)26)14-17-6-9-19(10-7-17)29-12-13-30-24-16(3)18-8-11-21(23-15-18)28-5-2/h6-11,15,20,24H,3-5,12-14H2,1-2H3,(H,25,26). The number of carbonyl (C=O) groups is 1. The number of hydrogen-bond acceptors (Lipinski definition) is 7. The number of ether oxygens (including phenoxy) is 3. The minimum absolute atomic E-state index is 0.302. The lowest BCUT2D eigenvalue weighted by atomic mass is 10.1. The molecule has 0 saturated heterocycles. The SMILES string of the molecule is C=C(NOCCOc1ccc(CC(OCC)C(=O)O)cc1)c1ccc(OCC)nc1. The Kier molecular flexibility index (Phi) is 9.63. The molecular formula is C22H28N2O6. The molecule has 0 aliphatic heterocycles. The topological polar surface area (TPSA) is 99.1 Å². The molecule has 0 amide bonds. The fourth-order valence-corrected chi connectivity index (χ4v) is 2.54. The van der Waals surface area contributed by atoms with E-state index >= 15 is 0 Å². The van der Waals surface area contributed by atoms with Crippen LogP contribution in [0, 0.1) is 0 Å². The number of carboxylic acid groups (broad SMARTS) is 1. The smallest absolute Gasteiger partial charge is 0.333 e. The average molecular weight is 416 g/mol. The van der Waals surface area contributed by atoms with E-state index in [1.165, 1.54) is 0 Å². The highest BCUT2D eigenvalue weighted by atomic mass is 16.7. The van der Waals surface area contributed by atoms with Gasteiger partial charge in [0.1, 0.15) is 19.0 Å². The zero-order valence-electron chi connectivity index (χ0n) is 17.3. The van der Waals surface area contributed by atoms with Gasteiger partial charge in [0.15, 0.2) is 6.10 Å². The Morgan fingerprint density at radius 2 is 1.87 bits per heavy atom. The van der Waals surface area contributed by atoms with Gasteiger partial charge < -0.3 is 19.3 Å². The zero-order valence-corrected chi connectivity index (χ0v) is 17.3. The van der Waals surface area contributed by atoms with Gasteiger partial charge in [-0.25, -0.2) is 9.78 Å². The number of rotatable bonds is 14. The fraction of sp³-hybridized carbons (Fsp3) is 0.364. The van der Waals surface area contributed by atoms with Gasteiger partial charge in [-0.2, -0.15) is 0 Å². The molecule has 0 spiro atoms. The summed E-state index contributed by atoms with van der Waals surface area (Å²) >= 11 is 0. The maximum Gasteiger partial charge on any atom is 0.333 e. The molecule has 1 aromatic heterocycles. The van der Waals surface area contributed by atoms with Gasteiger partial charge in [0, 0.05) is 30.9 Å². The van der Waals surface area contributed by atoms with E-state index in [0.717, 1.165) is 11.1 Å². The Balaban J connectivity index is 1.69. The van der Waals surface area contributed by atoms with Crippen LogP contribution in [-0.4, -0.2) is 48.6 Å². The fourth-order valence-electron chi connectivity index (χ4n) is 2.54. The maximum absolute atomic E-state index is 11.2. The van der Waals surface area contributed by atoms with Crippen molar-refractivity contribution in [2.24, 2.45) is 0 Å². The number of hydroxylamine groups is 1. The van der Waals surface area contributed by atoms with Crippen molar-refractivity contribution >= 4 is 11.7 Å². The second kappa shape index (κ2) is 12.5. The van der Waals surface area contributed by atoms with Crippen LogP contribution in [0.1, 0.15) is 25.0 Å². The zero-order chi connectivity index (χ0) is 21.8. The van der Waals surface area contributed by atoms with E-state index in [1.54, 1.807) is 31.3 Å². The van der Waals surface area contributed by atoms with Gasteiger partial charge in [0.25, 0.3) is 0 Å². The first-order valence-corrected chi connectivity index (χ1v) is 9.75. The van der Waals surface area contributed by atoms with Crippen molar-refractivity contribution in [3.63, 3.8) is 0 Å². The molecule has 8 nitrogen and oxygen atoms in total. The first-order valence-electron chi connectivity index (χ1n) is 9.75. The Bertz CT molecular complexity index is 792. The van der Waals surface area contributed by atoms with E-state index in [9.17, 15) is 4.79 Å². The molecule has 0 saturated carbocycles. The number of aromatic nitrogens is 1. The van der Waals surface area contributed by atoms with E-state index < -0.39 is 12.1 Å². The summed E-state index contributed by atoms with van der Waals surface area (Å²) in [6.45, 7) is 9.13. The summed E-state index contributed by atoms with van der Waals surface area (Å²) in [7, 11) is 0. The second-order valence-corrected chi connectivity index (χ2v) is 6.23. The second-order valence-electron chi connectivity index (χ2n) is 6.23. The molecule has 1 aromatic carbocycles. The molecule has 1 unspecified atom stereocenters. The Morgan fingerprint density at radius 3 is 2.47 bits per heavy atom. The maximum atomic E-state index is 11.2. The first kappa shape index (κ1) is 23.2. The summed E-state index contributed by atoms with van der Waals surface area (Å²) in [5.74, 6) is 0.260. The lowest BCUT2D eigenvalue weighted by Crippen LogP contribution is -2.26. The lowest BCUT2D eigenvalue weighted by molar-refractivity contribution is -0.149. The normalized spacial score (nSPS) is 11.5. The molecule has 0 fully saturated rings. The summed E-state index contributed by atoms with van der Waals surface area (Å²) < 4.78 is 16.1. The molecule has 8 heteroatoms. The van der Waals surface area contributed by atoms with Gasteiger partial charge in [-0.05, 0) is 37.6 Å². The number of benzene rings is 1. The van der Waals surface area contributed by atoms with Crippen LogP contribution in [0.4, 0.5) is 0 Å². The monoisotopic (exact) mass is 416 g/mol. The molecule has 1 heterocycles. The molecule has 0 radical (unpaired) electrons. The molecule has 2 aromatic rings. The third kappa shape index (κ3) is 7.73. The molecular weight excluding hydrogens is 388 g/mol. The predicted octanol–water partition coefficient (Wildman–Crippen LogP) is 3.08. The van der Waals surface area contributed by atoms with Gasteiger partial charge in [0.2, 0.25) is 5.88 Å². The number of hydrogen-bond donors (Lipinski definition) is 2. The highest BCUT2D eigenvalue weighted by molar-refractivity contribution is 5.72. The largest absolute Gasteiger partial charge is 0.491 e. The first-order chi connectivity index (χ1) is 14.5. The summed E-state index contributed by atoms with van der Waals surface area (Å²) in [5, 5.41) is 9.15. The van der Waals surface area contributed by atoms with Gasteiger partial charge in [0.05, 0.1) is 12.3 Å². The Morgan fingerprint density at radius 1 is 1.10 bits per heavy atom. The quantitative estimate of drug-likeness (QED) is 0.358. The van der Waals surface area contributed by atoms with Crippen LogP contribution in [0.3, 0.4) is 0 Å². The van der Waals surface area contributed by atoms with Gasteiger partial charge in [-0.1, -0.05) is 18.7 Å². The van der Waals surface area contributed by atoms with Crippen LogP contribution in [0.15, 0.2) is 49.2 Å². The van der Waals surface area contributed by atoms with Crippen LogP contribution in [0.5, 0.6) is 11.6 Å². The summed E-state index contributed by atoms with van der Waals surface area (Å²) in [6.07, 6.45) is 1.11. The van der Waals surface area contributed by atoms with Gasteiger partial charge in [-0.15, -0.1) is 0 Å². The molecule has 2 N–H and O–H groups in total. The van der Waals surface area contributed by atoms with Crippen molar-refractivity contribution in [1.82, 2.24) is 10.5 Å². The Labute approximate surface area is 176 Å². The van der Waals surface area contributed by atoms with Crippen LogP contribution < -0.4 is 15.0 Å². The van der Waals surface area contributed by atoms with Crippen molar-refractivity contribution in [2.45, 2.75) is 26.4 Å². The average Bonchev–Trinajstić information content (AvgIpc) is 2.75. The molecule has 1 atom stereocenters. The molecule has 0 aliphatic rings. The molecule has 0 bridgehead atoms. The third-order valence-corrected chi connectivity index (χ3v) is 4.01. The minimum Gasteiger partial charge on any atom is -0.491 e. The van der Waals surface area contributed by atoms with E-state index in [0.29, 0.717) is 50.2 Å². The number of nitrogens with zero attached hydrogens (tertiary/aromatic N) is 1. The minimum atomic E-state index is -0.968. The van der Waals surface area contributed by atoms with E-state index in [2.05, 4.69) is 17.0 Å². The van der Waals surface area contributed by atoms with Crippen LogP contribution in [0.2, 0.25) is 0 Å². The number of carboxylic acids is 1. The van der Waals surface area contributed by atoms with Crippen molar-refractivity contribution in [1.29, 1.82) is 0 Å². The summed E-state index contributed by atoms with van der Waals surface area (Å²) in [4.78, 5) is 20.7. The highest BCUT2D eigenvalue weighted by Gasteiger charge is 2.17. The van der Waals surface area contributed by atoms with E-state index in [4.69, 9.17) is 24.2 Å². The molecule has 0 aliphatic carbocycles. The number of nitrogens with one attached hydrogen (secondary N) is 1. The van der Waals surface area contributed by atoms with Crippen molar-refractivity contribution in [3.8, 4) is 11.6 Å². The molecule has 162 valence electrons. The van der Waals surface area contributed by atoms with Gasteiger partial charge >= 0.3 is 5.97 Å². The van der Waals surface area contributed by atoms with Gasteiger partial charge in [-0.3, -0.25) is 10.3 Å². The summed E-state index contributed by atoms with van der Waals surface area (Å²) in [5.41, 5.74) is 5.00. The molecule has 30 heavy (non-hydrogen) atoms. The van der Waals surface area contributed by atoms with Crippen molar-refractivity contribution in [2.75, 3.05) is 26.4 Å². The lowest BCUT2D eigenvalue weighted by Gasteiger charge is -2.13. The molecule has 2 rings (SSSR count). The van der Waals surface area contributed by atoms with E-state index in [-0.39, 0.29) is 0 Å². The van der Waals surface area contributed by atoms with Crippen LogP contribution in [-0.2, 0) is 20.8 Å². The highest BCUT2D eigenvalue weighted by Crippen LogP contribution is 2.15. The van der Waals surface area contributed by atoms with Crippen molar-refractivity contribution < 1.29 is 28.9 Å². The van der Waals surface area contributed by atoms with Crippen LogP contribution in [0.25, 0.3) is 5.70 Å². The predicted molar refractivity (Wildman–Crippen MR) is 112 cm³/mol.